The van der Waals surface area contributed by atoms with Crippen LogP contribution in [0.5, 0.6) is 0 Å². The third-order valence-electron chi connectivity index (χ3n) is 0.838. The number of aliphatic carboxylic acids is 2. The molecule has 0 atom stereocenters. The first-order valence-electron chi connectivity index (χ1n) is 2.29. The normalized spacial score (nSPS) is 12.2. The molecule has 0 bridgehead atoms. The molecule has 0 aromatic carbocycles. The second-order valence-electron chi connectivity index (χ2n) is 1.55. The lowest BCUT2D eigenvalue weighted by Crippen LogP contribution is -2.04. The summed E-state index contributed by atoms with van der Waals surface area (Å²) in [4.78, 5) is 20.2. The van der Waals surface area contributed by atoms with Crippen LogP contribution >= 0.6 is 22.6 Å². The van der Waals surface area contributed by atoms with E-state index >= 15 is 0 Å². The third-order valence-corrected chi connectivity index (χ3v) is 2.11. The van der Waals surface area contributed by atoms with E-state index in [1.165, 1.54) is 29.5 Å². The van der Waals surface area contributed by atoms with E-state index in [0.717, 1.165) is 0 Å². The monoisotopic (exact) mass is 256 g/mol. The smallest absolute Gasteiger partial charge is 0.342 e. The Morgan fingerprint density at radius 1 is 1.20 bits per heavy atom. The Hall–Kier alpha value is -0.590. The molecule has 0 amide bonds. The molecule has 5 heteroatoms. The maximum absolute atomic E-state index is 10.1. The van der Waals surface area contributed by atoms with E-state index in [1.807, 2.05) is 0 Å². The van der Waals surface area contributed by atoms with Gasteiger partial charge in [0.1, 0.15) is 3.58 Å². The van der Waals surface area contributed by atoms with Crippen molar-refractivity contribution in [2.75, 3.05) is 0 Å². The lowest BCUT2D eigenvalue weighted by atomic mass is 10.3. The van der Waals surface area contributed by atoms with Crippen LogP contribution in [0.3, 0.4) is 0 Å². The zero-order valence-corrected chi connectivity index (χ0v) is 7.25. The van der Waals surface area contributed by atoms with Crippen molar-refractivity contribution in [1.29, 1.82) is 0 Å². The highest BCUT2D eigenvalue weighted by Gasteiger charge is 2.11. The quantitative estimate of drug-likeness (QED) is 0.567. The molecule has 2 N–H and O–H groups in total. The van der Waals surface area contributed by atoms with Crippen molar-refractivity contribution in [2.45, 2.75) is 6.92 Å². The number of carbonyl (C=O) groups is 2. The summed E-state index contributed by atoms with van der Waals surface area (Å²) in [6, 6.07) is 0. The molecule has 0 saturated heterocycles. The van der Waals surface area contributed by atoms with Gasteiger partial charge < -0.3 is 10.2 Å². The molecule has 0 unspecified atom stereocenters. The molecule has 0 spiro atoms. The van der Waals surface area contributed by atoms with Crippen LogP contribution in [0.4, 0.5) is 0 Å². The van der Waals surface area contributed by atoms with Crippen LogP contribution in [0, 0.1) is 0 Å². The number of hydrogen-bond acceptors (Lipinski definition) is 2. The Bertz CT molecular complexity index is 184. The molecule has 0 radical (unpaired) electrons. The van der Waals surface area contributed by atoms with Crippen LogP contribution in [0.2, 0.25) is 0 Å². The van der Waals surface area contributed by atoms with Gasteiger partial charge in [0.2, 0.25) is 0 Å². The highest BCUT2D eigenvalue weighted by Crippen LogP contribution is 2.12. The van der Waals surface area contributed by atoms with Gasteiger partial charge in [0.15, 0.2) is 0 Å². The molecular weight excluding hydrogens is 251 g/mol. The first-order chi connectivity index (χ1) is 4.46. The van der Waals surface area contributed by atoms with E-state index in [1.54, 1.807) is 0 Å². The summed E-state index contributed by atoms with van der Waals surface area (Å²) < 4.78 is -0.162. The molecule has 56 valence electrons. The fourth-order valence-corrected chi connectivity index (χ4v) is 0.485. The minimum atomic E-state index is -1.21. The SMILES string of the molecule is CC(C(=O)O)=C(I)C(=O)O. The van der Waals surface area contributed by atoms with Crippen molar-refractivity contribution in [3.05, 3.63) is 9.15 Å². The molecule has 0 aromatic rings. The van der Waals surface area contributed by atoms with Gasteiger partial charge in [-0.2, -0.15) is 0 Å². The Morgan fingerprint density at radius 3 is 1.70 bits per heavy atom. The van der Waals surface area contributed by atoms with Gasteiger partial charge in [0.05, 0.1) is 5.57 Å². The lowest BCUT2D eigenvalue weighted by molar-refractivity contribution is -0.135. The van der Waals surface area contributed by atoms with Gasteiger partial charge in [0.25, 0.3) is 0 Å². The summed E-state index contributed by atoms with van der Waals surface area (Å²) in [5, 5.41) is 16.5. The molecule has 4 nitrogen and oxygen atoms in total. The van der Waals surface area contributed by atoms with Crippen LogP contribution in [0.1, 0.15) is 6.92 Å². The molecule has 0 heterocycles. The van der Waals surface area contributed by atoms with Crippen molar-refractivity contribution in [2.24, 2.45) is 0 Å². The van der Waals surface area contributed by atoms with Crippen molar-refractivity contribution in [3.8, 4) is 0 Å². The van der Waals surface area contributed by atoms with Crippen molar-refractivity contribution >= 4 is 34.5 Å². The van der Waals surface area contributed by atoms with E-state index in [4.69, 9.17) is 10.2 Å². The van der Waals surface area contributed by atoms with E-state index in [-0.39, 0.29) is 9.15 Å². The second-order valence-corrected chi connectivity index (χ2v) is 2.63. The number of hydrogen-bond donors (Lipinski definition) is 2. The molecule has 0 aliphatic heterocycles. The topological polar surface area (TPSA) is 74.6 Å². The summed E-state index contributed by atoms with van der Waals surface area (Å²) in [6.45, 7) is 1.25. The maximum Gasteiger partial charge on any atom is 0.342 e. The number of carboxylic acids is 2. The molecule has 0 aliphatic rings. The molecule has 10 heavy (non-hydrogen) atoms. The van der Waals surface area contributed by atoms with Gasteiger partial charge in [0, 0.05) is 0 Å². The van der Waals surface area contributed by atoms with Crippen LogP contribution < -0.4 is 0 Å². The summed E-state index contributed by atoms with van der Waals surface area (Å²) in [7, 11) is 0. The highest BCUT2D eigenvalue weighted by molar-refractivity contribution is 14.1. The summed E-state index contributed by atoms with van der Waals surface area (Å²) in [6.07, 6.45) is 0. The predicted molar refractivity (Wildman–Crippen MR) is 42.0 cm³/mol. The molecule has 0 fully saturated rings. The maximum atomic E-state index is 10.1. The average Bonchev–Trinajstić information content (AvgIpc) is 1.84. The van der Waals surface area contributed by atoms with Crippen molar-refractivity contribution < 1.29 is 19.8 Å². The van der Waals surface area contributed by atoms with Crippen LogP contribution in [0.25, 0.3) is 0 Å². The minimum absolute atomic E-state index is 0.145. The predicted octanol–water partition coefficient (Wildman–Crippen LogP) is 0.865. The van der Waals surface area contributed by atoms with Gasteiger partial charge >= 0.3 is 11.9 Å². The van der Waals surface area contributed by atoms with Gasteiger partial charge in [-0.3, -0.25) is 0 Å². The fourth-order valence-electron chi connectivity index (χ4n) is 0.254. The van der Waals surface area contributed by atoms with Gasteiger partial charge in [-0.25, -0.2) is 9.59 Å². The minimum Gasteiger partial charge on any atom is -0.478 e. The molecule has 0 aromatic heterocycles. The van der Waals surface area contributed by atoms with Gasteiger partial charge in [-0.05, 0) is 29.5 Å². The van der Waals surface area contributed by atoms with E-state index in [2.05, 4.69) is 0 Å². The van der Waals surface area contributed by atoms with Crippen molar-refractivity contribution in [3.63, 3.8) is 0 Å². The van der Waals surface area contributed by atoms with Gasteiger partial charge in [-0.15, -0.1) is 0 Å². The molecular formula is C5H5IO4. The van der Waals surface area contributed by atoms with Gasteiger partial charge in [-0.1, -0.05) is 0 Å². The standard InChI is InChI=1S/C5H5IO4/c1-2(4(7)8)3(6)5(9)10/h1H3,(H,7,8)(H,9,10). The number of rotatable bonds is 2. The van der Waals surface area contributed by atoms with Crippen LogP contribution in [0.15, 0.2) is 9.15 Å². The van der Waals surface area contributed by atoms with Crippen LogP contribution in [-0.4, -0.2) is 22.2 Å². The highest BCUT2D eigenvalue weighted by atomic mass is 127. The van der Waals surface area contributed by atoms with E-state index < -0.39 is 11.9 Å². The summed E-state index contributed by atoms with van der Waals surface area (Å²) >= 11 is 1.47. The first kappa shape index (κ1) is 9.41. The first-order valence-corrected chi connectivity index (χ1v) is 3.37. The van der Waals surface area contributed by atoms with E-state index in [0.29, 0.717) is 0 Å². The third kappa shape index (κ3) is 2.34. The summed E-state index contributed by atoms with van der Waals surface area (Å²) in [5.41, 5.74) is -0.145. The second kappa shape index (κ2) is 3.55. The average molecular weight is 256 g/mol. The summed E-state index contributed by atoms with van der Waals surface area (Å²) in [5.74, 6) is -2.41. The molecule has 0 aliphatic carbocycles. The number of carboxylic acid groups (broad SMARTS) is 2. The Labute approximate surface area is 70.7 Å². The number of halogens is 1. The molecule has 0 saturated carbocycles. The molecule has 0 rings (SSSR count). The van der Waals surface area contributed by atoms with E-state index in [9.17, 15) is 9.59 Å². The Kier molecular flexibility index (Phi) is 3.34. The Morgan fingerprint density at radius 2 is 1.60 bits per heavy atom. The zero-order chi connectivity index (χ0) is 8.31. The largest absolute Gasteiger partial charge is 0.478 e. The van der Waals surface area contributed by atoms with Crippen molar-refractivity contribution in [1.82, 2.24) is 0 Å². The van der Waals surface area contributed by atoms with Crippen LogP contribution in [-0.2, 0) is 9.59 Å². The zero-order valence-electron chi connectivity index (χ0n) is 5.09. The Balaban J connectivity index is 4.67. The fraction of sp³-hybridized carbons (Fsp3) is 0.200. The lowest BCUT2D eigenvalue weighted by Gasteiger charge is -1.93.